The minimum atomic E-state index is 0.785. The highest BCUT2D eigenvalue weighted by Crippen LogP contribution is 2.22. The lowest BCUT2D eigenvalue weighted by Gasteiger charge is -2.07. The van der Waals surface area contributed by atoms with Crippen LogP contribution in [0.2, 0.25) is 0 Å². The Kier molecular flexibility index (Phi) is 2.48. The quantitative estimate of drug-likeness (QED) is 0.668. The molecular weight excluding hydrogens is 150 g/mol. The van der Waals surface area contributed by atoms with Crippen molar-refractivity contribution in [3.8, 4) is 5.75 Å². The molecule has 64 valence electrons. The Bertz CT molecular complexity index is 305. The molecule has 1 aromatic rings. The zero-order chi connectivity index (χ0) is 9.14. The first-order chi connectivity index (χ1) is 5.65. The summed E-state index contributed by atoms with van der Waals surface area (Å²) in [7, 11) is 1.64. The van der Waals surface area contributed by atoms with Gasteiger partial charge in [-0.25, -0.2) is 4.98 Å². The van der Waals surface area contributed by atoms with Gasteiger partial charge in [0, 0.05) is 5.69 Å². The third-order valence-electron chi connectivity index (χ3n) is 1.62. The molecule has 1 rings (SSSR count). The van der Waals surface area contributed by atoms with Gasteiger partial charge in [0.1, 0.15) is 11.4 Å². The molecule has 0 aliphatic rings. The number of aryl methyl sites for hydroxylation is 1. The molecule has 0 amide bonds. The summed E-state index contributed by atoms with van der Waals surface area (Å²) in [5, 5.41) is 0. The molecule has 12 heavy (non-hydrogen) atoms. The monoisotopic (exact) mass is 163 g/mol. The smallest absolute Gasteiger partial charge is 0.144 e. The first kappa shape index (κ1) is 8.78. The fourth-order valence-electron chi connectivity index (χ4n) is 1.01. The van der Waals surface area contributed by atoms with Gasteiger partial charge in [-0.15, -0.1) is 0 Å². The molecule has 0 aliphatic carbocycles. The van der Waals surface area contributed by atoms with E-state index in [9.17, 15) is 0 Å². The summed E-state index contributed by atoms with van der Waals surface area (Å²) in [6.45, 7) is 7.70. The predicted octanol–water partition coefficient (Wildman–Crippen LogP) is 2.43. The Morgan fingerprint density at radius 1 is 1.50 bits per heavy atom. The molecule has 0 radical (unpaired) electrons. The van der Waals surface area contributed by atoms with Crippen LogP contribution in [-0.4, -0.2) is 12.1 Å². The Labute approximate surface area is 72.9 Å². The Morgan fingerprint density at radius 3 is 2.67 bits per heavy atom. The van der Waals surface area contributed by atoms with Gasteiger partial charge in [-0.3, -0.25) is 0 Å². The zero-order valence-corrected chi connectivity index (χ0v) is 7.72. The van der Waals surface area contributed by atoms with Crippen molar-refractivity contribution in [1.82, 2.24) is 4.98 Å². The molecule has 0 atom stereocenters. The highest BCUT2D eigenvalue weighted by molar-refractivity contribution is 5.63. The van der Waals surface area contributed by atoms with Crippen molar-refractivity contribution in [3.63, 3.8) is 0 Å². The molecule has 0 saturated carbocycles. The lowest BCUT2D eigenvalue weighted by Crippen LogP contribution is -1.94. The van der Waals surface area contributed by atoms with Crippen molar-refractivity contribution in [3.05, 3.63) is 30.1 Å². The van der Waals surface area contributed by atoms with Crippen molar-refractivity contribution in [1.29, 1.82) is 0 Å². The van der Waals surface area contributed by atoms with E-state index in [2.05, 4.69) is 11.6 Å². The van der Waals surface area contributed by atoms with E-state index in [4.69, 9.17) is 4.74 Å². The average molecular weight is 163 g/mol. The molecule has 0 unspecified atom stereocenters. The number of allylic oxidation sites excluding steroid dienone is 1. The van der Waals surface area contributed by atoms with Gasteiger partial charge in [0.05, 0.1) is 7.11 Å². The fourth-order valence-corrected chi connectivity index (χ4v) is 1.01. The van der Waals surface area contributed by atoms with Gasteiger partial charge in [-0.05, 0) is 31.6 Å². The standard InChI is InChI=1S/C10H13NO/c1-7(2)10-9(12-4)6-5-8(3)11-10/h5-6H,1H2,2-4H3. The molecular formula is C10H13NO. The maximum absolute atomic E-state index is 5.14. The summed E-state index contributed by atoms with van der Waals surface area (Å²) in [6, 6.07) is 3.83. The van der Waals surface area contributed by atoms with Gasteiger partial charge in [0.15, 0.2) is 0 Å². The zero-order valence-electron chi connectivity index (χ0n) is 7.72. The average Bonchev–Trinajstić information content (AvgIpc) is 2.04. The third kappa shape index (κ3) is 1.64. The van der Waals surface area contributed by atoms with E-state index in [1.807, 2.05) is 26.0 Å². The van der Waals surface area contributed by atoms with Gasteiger partial charge >= 0.3 is 0 Å². The number of methoxy groups -OCH3 is 1. The molecule has 2 nitrogen and oxygen atoms in total. The van der Waals surface area contributed by atoms with E-state index in [1.54, 1.807) is 7.11 Å². The molecule has 1 aromatic heterocycles. The van der Waals surface area contributed by atoms with Crippen LogP contribution in [0, 0.1) is 6.92 Å². The maximum Gasteiger partial charge on any atom is 0.144 e. The summed E-state index contributed by atoms with van der Waals surface area (Å²) in [4.78, 5) is 4.32. The number of nitrogens with zero attached hydrogens (tertiary/aromatic N) is 1. The van der Waals surface area contributed by atoms with Crippen LogP contribution in [-0.2, 0) is 0 Å². The summed E-state index contributed by atoms with van der Waals surface area (Å²) in [5.41, 5.74) is 2.75. The largest absolute Gasteiger partial charge is 0.494 e. The molecule has 0 bridgehead atoms. The van der Waals surface area contributed by atoms with Crippen molar-refractivity contribution >= 4 is 5.57 Å². The second-order valence-corrected chi connectivity index (χ2v) is 2.78. The molecule has 0 aliphatic heterocycles. The van der Waals surface area contributed by atoms with E-state index in [1.165, 1.54) is 0 Å². The lowest BCUT2D eigenvalue weighted by atomic mass is 10.2. The topological polar surface area (TPSA) is 22.1 Å². The Morgan fingerprint density at radius 2 is 2.17 bits per heavy atom. The Balaban J connectivity index is 3.21. The number of rotatable bonds is 2. The fraction of sp³-hybridized carbons (Fsp3) is 0.300. The molecule has 0 saturated heterocycles. The van der Waals surface area contributed by atoms with Crippen LogP contribution < -0.4 is 4.74 Å². The summed E-state index contributed by atoms with van der Waals surface area (Å²) >= 11 is 0. The van der Waals surface area contributed by atoms with Crippen molar-refractivity contribution < 1.29 is 4.74 Å². The highest BCUT2D eigenvalue weighted by Gasteiger charge is 2.04. The van der Waals surface area contributed by atoms with Crippen LogP contribution in [0.25, 0.3) is 5.57 Å². The Hall–Kier alpha value is -1.31. The van der Waals surface area contributed by atoms with Crippen LogP contribution in [0.5, 0.6) is 5.75 Å². The number of pyridine rings is 1. The molecule has 1 heterocycles. The normalized spacial score (nSPS) is 9.58. The van der Waals surface area contributed by atoms with Crippen LogP contribution >= 0.6 is 0 Å². The summed E-state index contributed by atoms with van der Waals surface area (Å²) in [6.07, 6.45) is 0. The second-order valence-electron chi connectivity index (χ2n) is 2.78. The van der Waals surface area contributed by atoms with Gasteiger partial charge in [0.25, 0.3) is 0 Å². The number of aromatic nitrogens is 1. The highest BCUT2D eigenvalue weighted by atomic mass is 16.5. The van der Waals surface area contributed by atoms with E-state index in [-0.39, 0.29) is 0 Å². The molecule has 0 N–H and O–H groups in total. The van der Waals surface area contributed by atoms with Crippen molar-refractivity contribution in [2.45, 2.75) is 13.8 Å². The van der Waals surface area contributed by atoms with Gasteiger partial charge in [-0.2, -0.15) is 0 Å². The first-order valence-corrected chi connectivity index (χ1v) is 3.82. The number of ether oxygens (including phenoxy) is 1. The van der Waals surface area contributed by atoms with Crippen LogP contribution in [0.3, 0.4) is 0 Å². The minimum Gasteiger partial charge on any atom is -0.494 e. The lowest BCUT2D eigenvalue weighted by molar-refractivity contribution is 0.411. The van der Waals surface area contributed by atoms with Gasteiger partial charge in [0.2, 0.25) is 0 Å². The first-order valence-electron chi connectivity index (χ1n) is 3.82. The molecule has 0 spiro atoms. The van der Waals surface area contributed by atoms with Crippen LogP contribution in [0.4, 0.5) is 0 Å². The van der Waals surface area contributed by atoms with Crippen LogP contribution in [0.1, 0.15) is 18.3 Å². The van der Waals surface area contributed by atoms with Crippen molar-refractivity contribution in [2.24, 2.45) is 0 Å². The summed E-state index contributed by atoms with van der Waals surface area (Å²) < 4.78 is 5.14. The van der Waals surface area contributed by atoms with E-state index >= 15 is 0 Å². The van der Waals surface area contributed by atoms with E-state index < -0.39 is 0 Å². The van der Waals surface area contributed by atoms with Gasteiger partial charge < -0.3 is 4.74 Å². The molecule has 0 fully saturated rings. The van der Waals surface area contributed by atoms with Gasteiger partial charge in [-0.1, -0.05) is 6.58 Å². The number of hydrogen-bond acceptors (Lipinski definition) is 2. The van der Waals surface area contributed by atoms with Crippen LogP contribution in [0.15, 0.2) is 18.7 Å². The second kappa shape index (κ2) is 3.39. The van der Waals surface area contributed by atoms with E-state index in [0.717, 1.165) is 22.7 Å². The molecule has 2 heteroatoms. The van der Waals surface area contributed by atoms with Crippen molar-refractivity contribution in [2.75, 3.05) is 7.11 Å². The maximum atomic E-state index is 5.14. The predicted molar refractivity (Wildman–Crippen MR) is 50.2 cm³/mol. The molecule has 0 aromatic carbocycles. The summed E-state index contributed by atoms with van der Waals surface area (Å²) in [5.74, 6) is 0.785. The minimum absolute atomic E-state index is 0.785. The SMILES string of the molecule is C=C(C)c1nc(C)ccc1OC. The third-order valence-corrected chi connectivity index (χ3v) is 1.62. The van der Waals surface area contributed by atoms with E-state index in [0.29, 0.717) is 0 Å². The number of hydrogen-bond donors (Lipinski definition) is 0.